The molecular formula is C21H20N4O4. The van der Waals surface area contributed by atoms with Crippen LogP contribution in [-0.2, 0) is 0 Å². The Hall–Kier alpha value is -3.81. The van der Waals surface area contributed by atoms with Crippen molar-refractivity contribution in [3.05, 3.63) is 59.9 Å². The van der Waals surface area contributed by atoms with Crippen molar-refractivity contribution in [3.63, 3.8) is 0 Å². The standard InChI is InChI=1S/C21H20N4O4/c1-13-11-16(20(26)24-15-5-3-4-6-17(15)27-2)25-21(22-13)23-14-7-8-18-19(12-14)29-10-9-28-18/h3-8,11-12H,9-10H2,1-2H3,(H,24,26)(H,22,23,25). The summed E-state index contributed by atoms with van der Waals surface area (Å²) >= 11 is 0. The molecule has 0 fully saturated rings. The van der Waals surface area contributed by atoms with Crippen LogP contribution in [0.4, 0.5) is 17.3 Å². The van der Waals surface area contributed by atoms with E-state index in [0.29, 0.717) is 47.8 Å². The molecule has 0 radical (unpaired) electrons. The zero-order valence-corrected chi connectivity index (χ0v) is 16.1. The number of fused-ring (bicyclic) bond motifs is 1. The molecule has 1 aliphatic rings. The Morgan fingerprint density at radius 1 is 1.03 bits per heavy atom. The number of carbonyl (C=O) groups is 1. The number of ether oxygens (including phenoxy) is 3. The third kappa shape index (κ3) is 4.21. The number of methoxy groups -OCH3 is 1. The predicted octanol–water partition coefficient (Wildman–Crippen LogP) is 3.56. The number of nitrogens with one attached hydrogen (secondary N) is 2. The number of aryl methyl sites for hydroxylation is 1. The van der Waals surface area contributed by atoms with Crippen molar-refractivity contribution in [1.82, 2.24) is 9.97 Å². The highest BCUT2D eigenvalue weighted by Gasteiger charge is 2.15. The molecule has 0 spiro atoms. The van der Waals surface area contributed by atoms with Gasteiger partial charge in [0.05, 0.1) is 12.8 Å². The summed E-state index contributed by atoms with van der Waals surface area (Å²) in [6.45, 7) is 2.84. The van der Waals surface area contributed by atoms with Gasteiger partial charge in [0.25, 0.3) is 5.91 Å². The molecule has 8 nitrogen and oxygen atoms in total. The molecule has 0 saturated carbocycles. The largest absolute Gasteiger partial charge is 0.495 e. The number of hydrogen-bond donors (Lipinski definition) is 2. The Morgan fingerprint density at radius 2 is 1.83 bits per heavy atom. The summed E-state index contributed by atoms with van der Waals surface area (Å²) in [5.41, 5.74) is 2.20. The first-order chi connectivity index (χ1) is 14.1. The Kier molecular flexibility index (Phi) is 5.15. The molecule has 2 N–H and O–H groups in total. The van der Waals surface area contributed by atoms with Crippen LogP contribution >= 0.6 is 0 Å². The van der Waals surface area contributed by atoms with Crippen LogP contribution < -0.4 is 24.8 Å². The van der Waals surface area contributed by atoms with E-state index < -0.39 is 0 Å². The molecule has 4 rings (SSSR count). The molecule has 0 unspecified atom stereocenters. The van der Waals surface area contributed by atoms with Crippen molar-refractivity contribution in [1.29, 1.82) is 0 Å². The van der Waals surface area contributed by atoms with Gasteiger partial charge in [0.2, 0.25) is 5.95 Å². The Balaban J connectivity index is 1.55. The van der Waals surface area contributed by atoms with Gasteiger partial charge in [0.1, 0.15) is 24.7 Å². The summed E-state index contributed by atoms with van der Waals surface area (Å²) in [4.78, 5) is 21.4. The minimum atomic E-state index is -0.356. The van der Waals surface area contributed by atoms with Gasteiger partial charge in [-0.2, -0.15) is 0 Å². The van der Waals surface area contributed by atoms with E-state index in [-0.39, 0.29) is 11.6 Å². The molecule has 0 bridgehead atoms. The number of aromatic nitrogens is 2. The van der Waals surface area contributed by atoms with E-state index in [0.717, 1.165) is 5.69 Å². The smallest absolute Gasteiger partial charge is 0.274 e. The van der Waals surface area contributed by atoms with E-state index in [9.17, 15) is 4.79 Å². The first kappa shape index (κ1) is 18.5. The van der Waals surface area contributed by atoms with Gasteiger partial charge >= 0.3 is 0 Å². The monoisotopic (exact) mass is 392 g/mol. The zero-order valence-electron chi connectivity index (χ0n) is 16.1. The number of hydrogen-bond acceptors (Lipinski definition) is 7. The Bertz CT molecular complexity index is 1050. The average molecular weight is 392 g/mol. The molecule has 1 amide bonds. The van der Waals surface area contributed by atoms with Crippen LogP contribution in [0.3, 0.4) is 0 Å². The van der Waals surface area contributed by atoms with E-state index in [4.69, 9.17) is 14.2 Å². The first-order valence-electron chi connectivity index (χ1n) is 9.09. The van der Waals surface area contributed by atoms with Crippen molar-refractivity contribution in [2.75, 3.05) is 31.0 Å². The van der Waals surface area contributed by atoms with Crippen molar-refractivity contribution < 1.29 is 19.0 Å². The molecule has 0 aliphatic carbocycles. The lowest BCUT2D eigenvalue weighted by Crippen LogP contribution is -2.16. The molecule has 0 saturated heterocycles. The fraction of sp³-hybridized carbons (Fsp3) is 0.190. The van der Waals surface area contributed by atoms with Crippen LogP contribution in [0.25, 0.3) is 0 Å². The number of amides is 1. The summed E-state index contributed by atoms with van der Waals surface area (Å²) < 4.78 is 16.4. The molecule has 2 heterocycles. The first-order valence-corrected chi connectivity index (χ1v) is 9.09. The topological polar surface area (TPSA) is 94.6 Å². The van der Waals surface area contributed by atoms with E-state index in [1.165, 1.54) is 0 Å². The molecule has 8 heteroatoms. The van der Waals surface area contributed by atoms with Crippen LogP contribution in [-0.4, -0.2) is 36.2 Å². The van der Waals surface area contributed by atoms with Crippen molar-refractivity contribution in [3.8, 4) is 17.2 Å². The number of nitrogens with zero attached hydrogens (tertiary/aromatic N) is 2. The van der Waals surface area contributed by atoms with Crippen LogP contribution in [0.15, 0.2) is 48.5 Å². The maximum Gasteiger partial charge on any atom is 0.274 e. The number of benzene rings is 2. The average Bonchev–Trinajstić information content (AvgIpc) is 2.73. The fourth-order valence-electron chi connectivity index (χ4n) is 2.93. The molecule has 29 heavy (non-hydrogen) atoms. The molecule has 1 aromatic heterocycles. The minimum Gasteiger partial charge on any atom is -0.495 e. The third-order valence-corrected chi connectivity index (χ3v) is 4.24. The zero-order chi connectivity index (χ0) is 20.2. The van der Waals surface area contributed by atoms with Crippen LogP contribution in [0.2, 0.25) is 0 Å². The fourth-order valence-corrected chi connectivity index (χ4v) is 2.93. The predicted molar refractivity (Wildman–Crippen MR) is 108 cm³/mol. The molecule has 2 aromatic carbocycles. The van der Waals surface area contributed by atoms with Gasteiger partial charge in [0.15, 0.2) is 11.5 Å². The number of carbonyl (C=O) groups excluding carboxylic acids is 1. The lowest BCUT2D eigenvalue weighted by Gasteiger charge is -2.19. The second kappa shape index (κ2) is 8.05. The van der Waals surface area contributed by atoms with Gasteiger partial charge in [-0.25, -0.2) is 9.97 Å². The lowest BCUT2D eigenvalue weighted by molar-refractivity contribution is 0.102. The summed E-state index contributed by atoms with van der Waals surface area (Å²) in [5, 5.41) is 5.93. The summed E-state index contributed by atoms with van der Waals surface area (Å²) in [7, 11) is 1.55. The highest BCUT2D eigenvalue weighted by molar-refractivity contribution is 6.03. The third-order valence-electron chi connectivity index (χ3n) is 4.24. The molecule has 0 atom stereocenters. The van der Waals surface area contributed by atoms with Crippen molar-refractivity contribution >= 4 is 23.2 Å². The normalized spacial score (nSPS) is 12.2. The van der Waals surface area contributed by atoms with E-state index in [2.05, 4.69) is 20.6 Å². The molecule has 1 aliphatic heterocycles. The summed E-state index contributed by atoms with van der Waals surface area (Å²) in [6.07, 6.45) is 0. The maximum absolute atomic E-state index is 12.7. The summed E-state index contributed by atoms with van der Waals surface area (Å²) in [6, 6.07) is 14.3. The summed E-state index contributed by atoms with van der Waals surface area (Å²) in [5.74, 6) is 1.88. The SMILES string of the molecule is COc1ccccc1NC(=O)c1cc(C)nc(Nc2ccc3c(c2)OCCO3)n1. The molecule has 3 aromatic rings. The number of anilines is 3. The lowest BCUT2D eigenvalue weighted by atomic mass is 10.2. The van der Waals surface area contributed by atoms with E-state index in [1.54, 1.807) is 32.2 Å². The quantitative estimate of drug-likeness (QED) is 0.685. The van der Waals surface area contributed by atoms with Crippen LogP contribution in [0.5, 0.6) is 17.2 Å². The highest BCUT2D eigenvalue weighted by atomic mass is 16.6. The van der Waals surface area contributed by atoms with Crippen molar-refractivity contribution in [2.45, 2.75) is 6.92 Å². The number of rotatable bonds is 5. The van der Waals surface area contributed by atoms with Gasteiger partial charge in [0, 0.05) is 17.4 Å². The molecule has 148 valence electrons. The Morgan fingerprint density at radius 3 is 2.66 bits per heavy atom. The van der Waals surface area contributed by atoms with Gasteiger partial charge < -0.3 is 24.8 Å². The van der Waals surface area contributed by atoms with Crippen molar-refractivity contribution in [2.24, 2.45) is 0 Å². The van der Waals surface area contributed by atoms with E-state index >= 15 is 0 Å². The Labute approximate surface area is 167 Å². The maximum atomic E-state index is 12.7. The van der Waals surface area contributed by atoms with Crippen LogP contribution in [0.1, 0.15) is 16.2 Å². The second-order valence-corrected chi connectivity index (χ2v) is 6.36. The second-order valence-electron chi connectivity index (χ2n) is 6.36. The highest BCUT2D eigenvalue weighted by Crippen LogP contribution is 2.33. The minimum absolute atomic E-state index is 0.239. The van der Waals surface area contributed by atoms with Gasteiger partial charge in [-0.15, -0.1) is 0 Å². The van der Waals surface area contributed by atoms with E-state index in [1.807, 2.05) is 30.3 Å². The molecular weight excluding hydrogens is 372 g/mol. The van der Waals surface area contributed by atoms with Gasteiger partial charge in [-0.1, -0.05) is 12.1 Å². The number of para-hydroxylation sites is 2. The van der Waals surface area contributed by atoms with Gasteiger partial charge in [-0.3, -0.25) is 4.79 Å². The van der Waals surface area contributed by atoms with Gasteiger partial charge in [-0.05, 0) is 37.3 Å². The van der Waals surface area contributed by atoms with Crippen LogP contribution in [0, 0.1) is 6.92 Å².